The van der Waals surface area contributed by atoms with Crippen molar-refractivity contribution in [3.05, 3.63) is 42.2 Å². The van der Waals surface area contributed by atoms with Crippen LogP contribution in [0.25, 0.3) is 10.8 Å². The fourth-order valence-electron chi connectivity index (χ4n) is 3.09. The third kappa shape index (κ3) is 3.03. The number of amides is 2. The van der Waals surface area contributed by atoms with Gasteiger partial charge in [0.2, 0.25) is 5.91 Å². The van der Waals surface area contributed by atoms with Crippen LogP contribution in [0.1, 0.15) is 17.4 Å². The van der Waals surface area contributed by atoms with Crippen molar-refractivity contribution in [2.75, 3.05) is 19.7 Å². The van der Waals surface area contributed by atoms with Crippen LogP contribution in [-0.2, 0) is 4.79 Å². The summed E-state index contributed by atoms with van der Waals surface area (Å²) in [4.78, 5) is 30.0. The van der Waals surface area contributed by atoms with Crippen LogP contribution in [0.15, 0.2) is 36.5 Å². The van der Waals surface area contributed by atoms with Crippen molar-refractivity contribution in [2.45, 2.75) is 13.0 Å². The summed E-state index contributed by atoms with van der Waals surface area (Å²) in [6, 6.07) is 9.25. The van der Waals surface area contributed by atoms with Crippen molar-refractivity contribution in [1.82, 2.24) is 15.2 Å². The van der Waals surface area contributed by atoms with Crippen molar-refractivity contribution >= 4 is 22.6 Å². The summed E-state index contributed by atoms with van der Waals surface area (Å²) in [6.45, 7) is 2.16. The van der Waals surface area contributed by atoms with E-state index in [9.17, 15) is 14.7 Å². The van der Waals surface area contributed by atoms with Gasteiger partial charge in [0.25, 0.3) is 5.91 Å². The zero-order valence-corrected chi connectivity index (χ0v) is 12.9. The van der Waals surface area contributed by atoms with Crippen molar-refractivity contribution in [2.24, 2.45) is 5.92 Å². The van der Waals surface area contributed by atoms with Crippen molar-refractivity contribution in [1.29, 1.82) is 0 Å². The van der Waals surface area contributed by atoms with Gasteiger partial charge in [-0.2, -0.15) is 0 Å². The van der Waals surface area contributed by atoms with E-state index in [0.717, 1.165) is 10.8 Å². The van der Waals surface area contributed by atoms with Crippen LogP contribution in [0.3, 0.4) is 0 Å². The van der Waals surface area contributed by atoms with E-state index < -0.39 is 0 Å². The summed E-state index contributed by atoms with van der Waals surface area (Å²) in [7, 11) is 0. The highest BCUT2D eigenvalue weighted by Crippen LogP contribution is 2.22. The van der Waals surface area contributed by atoms with E-state index in [1.807, 2.05) is 30.3 Å². The van der Waals surface area contributed by atoms with Crippen LogP contribution < -0.4 is 5.32 Å². The van der Waals surface area contributed by atoms with Gasteiger partial charge in [0, 0.05) is 44.1 Å². The second-order valence-electron chi connectivity index (χ2n) is 5.84. The normalized spacial score (nSPS) is 20.7. The molecule has 1 aromatic carbocycles. The minimum atomic E-state index is -0.226. The fraction of sp³-hybridized carbons (Fsp3) is 0.353. The van der Waals surface area contributed by atoms with Gasteiger partial charge in [-0.1, -0.05) is 24.3 Å². The first-order chi connectivity index (χ1) is 11.1. The van der Waals surface area contributed by atoms with Gasteiger partial charge in [0.1, 0.15) is 5.69 Å². The van der Waals surface area contributed by atoms with Crippen LogP contribution in [0.4, 0.5) is 0 Å². The van der Waals surface area contributed by atoms with E-state index in [0.29, 0.717) is 18.8 Å². The van der Waals surface area contributed by atoms with E-state index in [1.165, 1.54) is 6.92 Å². The molecule has 1 fully saturated rings. The number of hydrogen-bond acceptors (Lipinski definition) is 4. The van der Waals surface area contributed by atoms with Crippen LogP contribution in [0.2, 0.25) is 0 Å². The smallest absolute Gasteiger partial charge is 0.273 e. The summed E-state index contributed by atoms with van der Waals surface area (Å²) in [5, 5.41) is 14.1. The summed E-state index contributed by atoms with van der Waals surface area (Å²) in [5.74, 6) is -0.489. The Morgan fingerprint density at radius 2 is 2.09 bits per heavy atom. The molecular formula is C17H19N3O3. The SMILES string of the molecule is CC(=O)N[C@@H]1CN(C(=O)c2nccc3ccccc23)C[C@H]1CO. The average molecular weight is 313 g/mol. The highest BCUT2D eigenvalue weighted by Gasteiger charge is 2.36. The average Bonchev–Trinajstić information content (AvgIpc) is 2.95. The maximum Gasteiger partial charge on any atom is 0.273 e. The molecule has 2 heterocycles. The number of aliphatic hydroxyl groups excluding tert-OH is 1. The number of pyridine rings is 1. The van der Waals surface area contributed by atoms with Gasteiger partial charge >= 0.3 is 0 Å². The molecule has 1 aliphatic rings. The van der Waals surface area contributed by atoms with Gasteiger partial charge in [0.15, 0.2) is 0 Å². The lowest BCUT2D eigenvalue weighted by atomic mass is 10.1. The molecule has 6 nitrogen and oxygen atoms in total. The first-order valence-electron chi connectivity index (χ1n) is 7.61. The van der Waals surface area contributed by atoms with Gasteiger partial charge < -0.3 is 15.3 Å². The molecule has 0 spiro atoms. The number of carbonyl (C=O) groups excluding carboxylic acids is 2. The topological polar surface area (TPSA) is 82.5 Å². The number of aliphatic hydroxyl groups is 1. The molecule has 2 aromatic rings. The second kappa shape index (κ2) is 6.34. The largest absolute Gasteiger partial charge is 0.396 e. The number of benzene rings is 1. The van der Waals surface area contributed by atoms with E-state index >= 15 is 0 Å². The number of likely N-dealkylation sites (tertiary alicyclic amines) is 1. The third-order valence-electron chi connectivity index (χ3n) is 4.23. The number of nitrogens with one attached hydrogen (secondary N) is 1. The molecule has 0 bridgehead atoms. The zero-order chi connectivity index (χ0) is 16.4. The Bertz CT molecular complexity index is 741. The number of aromatic nitrogens is 1. The first-order valence-corrected chi connectivity index (χ1v) is 7.61. The van der Waals surface area contributed by atoms with Gasteiger partial charge in [0.05, 0.1) is 6.04 Å². The fourth-order valence-corrected chi connectivity index (χ4v) is 3.09. The molecule has 120 valence electrons. The standard InChI is InChI=1S/C17H19N3O3/c1-11(22)19-15-9-20(8-13(15)10-21)17(23)16-14-5-3-2-4-12(14)6-7-18-16/h2-7,13,15,21H,8-10H2,1H3,(H,19,22)/t13-,15+/m0/s1. The molecule has 0 saturated carbocycles. The predicted molar refractivity (Wildman–Crippen MR) is 85.8 cm³/mol. The van der Waals surface area contributed by atoms with E-state index in [-0.39, 0.29) is 30.4 Å². The highest BCUT2D eigenvalue weighted by molar-refractivity contribution is 6.05. The molecule has 23 heavy (non-hydrogen) atoms. The lowest BCUT2D eigenvalue weighted by Crippen LogP contribution is -2.40. The molecule has 2 N–H and O–H groups in total. The van der Waals surface area contributed by atoms with E-state index in [2.05, 4.69) is 10.3 Å². The second-order valence-corrected chi connectivity index (χ2v) is 5.84. The molecular weight excluding hydrogens is 294 g/mol. The minimum absolute atomic E-state index is 0.0717. The molecule has 2 amide bonds. The lowest BCUT2D eigenvalue weighted by Gasteiger charge is -2.17. The van der Waals surface area contributed by atoms with Gasteiger partial charge in [-0.25, -0.2) is 0 Å². The molecule has 0 radical (unpaired) electrons. The Balaban J connectivity index is 1.87. The van der Waals surface area contributed by atoms with E-state index in [1.54, 1.807) is 11.1 Å². The maximum absolute atomic E-state index is 12.8. The number of fused-ring (bicyclic) bond motifs is 1. The van der Waals surface area contributed by atoms with Crippen LogP contribution in [0, 0.1) is 5.92 Å². The molecule has 3 rings (SSSR count). The zero-order valence-electron chi connectivity index (χ0n) is 12.9. The Morgan fingerprint density at radius 3 is 2.83 bits per heavy atom. The molecule has 0 aliphatic carbocycles. The van der Waals surface area contributed by atoms with Gasteiger partial charge in [-0.15, -0.1) is 0 Å². The number of carbonyl (C=O) groups is 2. The molecule has 0 unspecified atom stereocenters. The third-order valence-corrected chi connectivity index (χ3v) is 4.23. The van der Waals surface area contributed by atoms with Crippen LogP contribution >= 0.6 is 0 Å². The predicted octanol–water partition coefficient (Wildman–Crippen LogP) is 0.804. The molecule has 1 aromatic heterocycles. The van der Waals surface area contributed by atoms with Crippen LogP contribution in [0.5, 0.6) is 0 Å². The number of nitrogens with zero attached hydrogens (tertiary/aromatic N) is 2. The molecule has 1 aliphatic heterocycles. The lowest BCUT2D eigenvalue weighted by molar-refractivity contribution is -0.119. The molecule has 1 saturated heterocycles. The Morgan fingerprint density at radius 1 is 1.30 bits per heavy atom. The van der Waals surface area contributed by atoms with Gasteiger partial charge in [-0.3, -0.25) is 14.6 Å². The summed E-state index contributed by atoms with van der Waals surface area (Å²) < 4.78 is 0. The summed E-state index contributed by atoms with van der Waals surface area (Å²) >= 11 is 0. The Labute approximate surface area is 134 Å². The molecule has 2 atom stereocenters. The summed E-state index contributed by atoms with van der Waals surface area (Å²) in [6.07, 6.45) is 1.63. The van der Waals surface area contributed by atoms with Crippen molar-refractivity contribution < 1.29 is 14.7 Å². The minimum Gasteiger partial charge on any atom is -0.396 e. The quantitative estimate of drug-likeness (QED) is 0.878. The Kier molecular flexibility index (Phi) is 4.25. The highest BCUT2D eigenvalue weighted by atomic mass is 16.3. The first kappa shape index (κ1) is 15.4. The monoisotopic (exact) mass is 313 g/mol. The molecule has 6 heteroatoms. The number of rotatable bonds is 3. The number of hydrogen-bond donors (Lipinski definition) is 2. The van der Waals surface area contributed by atoms with Gasteiger partial charge in [-0.05, 0) is 11.5 Å². The van der Waals surface area contributed by atoms with Crippen molar-refractivity contribution in [3.63, 3.8) is 0 Å². The van der Waals surface area contributed by atoms with E-state index in [4.69, 9.17) is 0 Å². The summed E-state index contributed by atoms with van der Waals surface area (Å²) in [5.41, 5.74) is 0.406. The Hall–Kier alpha value is -2.47. The van der Waals surface area contributed by atoms with Crippen molar-refractivity contribution in [3.8, 4) is 0 Å². The maximum atomic E-state index is 12.8. The van der Waals surface area contributed by atoms with Crippen LogP contribution in [-0.4, -0.2) is 52.5 Å².